The Morgan fingerprint density at radius 3 is 2.88 bits per heavy atom. The lowest BCUT2D eigenvalue weighted by Gasteiger charge is -2.02. The number of aldehydes is 1. The topological polar surface area (TPSA) is 60.7 Å². The van der Waals surface area contributed by atoms with Gasteiger partial charge in [-0.25, -0.2) is 9.78 Å². The first-order chi connectivity index (χ1) is 7.65. The predicted octanol–water partition coefficient (Wildman–Crippen LogP) is 1.24. The molecule has 0 aliphatic rings. The summed E-state index contributed by atoms with van der Waals surface area (Å²) in [5.74, 6) is -0.476. The molecule has 0 saturated carbocycles. The van der Waals surface area contributed by atoms with Gasteiger partial charge in [0.1, 0.15) is 5.65 Å². The van der Waals surface area contributed by atoms with Crippen LogP contribution in [0, 0.1) is 6.92 Å². The quantitative estimate of drug-likeness (QED) is 0.562. The van der Waals surface area contributed by atoms with Crippen LogP contribution in [-0.4, -0.2) is 28.7 Å². The van der Waals surface area contributed by atoms with Crippen molar-refractivity contribution < 1.29 is 14.3 Å². The van der Waals surface area contributed by atoms with Gasteiger partial charge in [0, 0.05) is 12.4 Å². The maximum absolute atomic E-state index is 11.4. The number of methoxy groups -OCH3 is 1. The number of aromatic nitrogens is 2. The molecular formula is C11H10N2O3. The van der Waals surface area contributed by atoms with Gasteiger partial charge in [0.2, 0.25) is 0 Å². The van der Waals surface area contributed by atoms with Crippen molar-refractivity contribution in [2.45, 2.75) is 6.92 Å². The van der Waals surface area contributed by atoms with Crippen molar-refractivity contribution >= 4 is 17.9 Å². The molecule has 5 heteroatoms. The van der Waals surface area contributed by atoms with Crippen LogP contribution in [0.2, 0.25) is 0 Å². The summed E-state index contributed by atoms with van der Waals surface area (Å²) in [6.45, 7) is 1.82. The van der Waals surface area contributed by atoms with E-state index in [0.717, 1.165) is 5.69 Å². The van der Waals surface area contributed by atoms with E-state index in [4.69, 9.17) is 0 Å². The Kier molecular flexibility index (Phi) is 2.44. The molecule has 2 heterocycles. The van der Waals surface area contributed by atoms with Crippen molar-refractivity contribution in [1.29, 1.82) is 0 Å². The van der Waals surface area contributed by atoms with Crippen molar-refractivity contribution in [3.63, 3.8) is 0 Å². The Labute approximate surface area is 91.7 Å². The molecule has 0 saturated heterocycles. The highest BCUT2D eigenvalue weighted by atomic mass is 16.5. The van der Waals surface area contributed by atoms with Gasteiger partial charge in [-0.1, -0.05) is 0 Å². The van der Waals surface area contributed by atoms with E-state index >= 15 is 0 Å². The standard InChI is InChI=1S/C11H10N2O3/c1-7-4-13-5-8(11(15)16-2)3-9(6-14)10(13)12-7/h3-6H,1-2H3. The first-order valence-electron chi connectivity index (χ1n) is 4.68. The lowest BCUT2D eigenvalue weighted by Crippen LogP contribution is -2.04. The third-order valence-corrected chi connectivity index (χ3v) is 2.25. The van der Waals surface area contributed by atoms with E-state index in [0.29, 0.717) is 23.1 Å². The number of hydrogen-bond acceptors (Lipinski definition) is 4. The van der Waals surface area contributed by atoms with Crippen LogP contribution in [0.25, 0.3) is 5.65 Å². The first kappa shape index (κ1) is 10.4. The number of ether oxygens (including phenoxy) is 1. The van der Waals surface area contributed by atoms with Gasteiger partial charge in [0.05, 0.1) is 23.9 Å². The molecular weight excluding hydrogens is 208 g/mol. The number of carbonyl (C=O) groups excluding carboxylic acids is 2. The molecule has 0 aliphatic carbocycles. The molecule has 0 radical (unpaired) electrons. The summed E-state index contributed by atoms with van der Waals surface area (Å²) in [4.78, 5) is 26.4. The Morgan fingerprint density at radius 1 is 1.50 bits per heavy atom. The minimum absolute atomic E-state index is 0.328. The normalized spacial score (nSPS) is 10.4. The van der Waals surface area contributed by atoms with E-state index in [1.54, 1.807) is 16.8 Å². The number of rotatable bonds is 2. The first-order valence-corrected chi connectivity index (χ1v) is 4.68. The van der Waals surface area contributed by atoms with Crippen LogP contribution < -0.4 is 0 Å². The average Bonchev–Trinajstić information content (AvgIpc) is 2.66. The van der Waals surface area contributed by atoms with Gasteiger partial charge in [-0.05, 0) is 13.0 Å². The predicted molar refractivity (Wildman–Crippen MR) is 56.7 cm³/mol. The van der Waals surface area contributed by atoms with Crippen molar-refractivity contribution in [2.24, 2.45) is 0 Å². The summed E-state index contributed by atoms with van der Waals surface area (Å²) < 4.78 is 6.25. The van der Waals surface area contributed by atoms with Crippen LogP contribution in [0.3, 0.4) is 0 Å². The zero-order chi connectivity index (χ0) is 11.7. The molecule has 0 unspecified atom stereocenters. The minimum Gasteiger partial charge on any atom is -0.465 e. The molecule has 2 aromatic heterocycles. The Bertz CT molecular complexity index is 572. The number of pyridine rings is 1. The summed E-state index contributed by atoms with van der Waals surface area (Å²) >= 11 is 0. The Morgan fingerprint density at radius 2 is 2.25 bits per heavy atom. The van der Waals surface area contributed by atoms with Gasteiger partial charge in [-0.2, -0.15) is 0 Å². The summed E-state index contributed by atoms with van der Waals surface area (Å²) in [7, 11) is 1.30. The van der Waals surface area contributed by atoms with Crippen LogP contribution in [-0.2, 0) is 4.74 Å². The van der Waals surface area contributed by atoms with Gasteiger partial charge in [0.25, 0.3) is 0 Å². The lowest BCUT2D eigenvalue weighted by atomic mass is 10.2. The molecule has 0 amide bonds. The maximum Gasteiger partial charge on any atom is 0.339 e. The molecule has 5 nitrogen and oxygen atoms in total. The largest absolute Gasteiger partial charge is 0.465 e. The molecule has 0 aliphatic heterocycles. The van der Waals surface area contributed by atoms with Crippen LogP contribution >= 0.6 is 0 Å². The summed E-state index contributed by atoms with van der Waals surface area (Å²) in [5, 5.41) is 0. The summed E-state index contributed by atoms with van der Waals surface area (Å²) in [6.07, 6.45) is 4.01. The van der Waals surface area contributed by atoms with Crippen molar-refractivity contribution in [1.82, 2.24) is 9.38 Å². The second kappa shape index (κ2) is 3.77. The van der Waals surface area contributed by atoms with Gasteiger partial charge in [-0.15, -0.1) is 0 Å². The van der Waals surface area contributed by atoms with Gasteiger partial charge in [-0.3, -0.25) is 4.79 Å². The molecule has 0 spiro atoms. The number of imidazole rings is 1. The Hall–Kier alpha value is -2.17. The summed E-state index contributed by atoms with van der Waals surface area (Å²) in [6, 6.07) is 1.47. The van der Waals surface area contributed by atoms with Crippen LogP contribution in [0.4, 0.5) is 0 Å². The SMILES string of the molecule is COC(=O)c1cc(C=O)c2nc(C)cn2c1. The fourth-order valence-electron chi connectivity index (χ4n) is 1.56. The molecule has 2 aromatic rings. The number of aryl methyl sites for hydroxylation is 1. The van der Waals surface area contributed by atoms with E-state index < -0.39 is 5.97 Å². The molecule has 0 aromatic carbocycles. The average molecular weight is 218 g/mol. The van der Waals surface area contributed by atoms with Gasteiger partial charge < -0.3 is 9.14 Å². The monoisotopic (exact) mass is 218 g/mol. The number of nitrogens with zero attached hydrogens (tertiary/aromatic N) is 2. The van der Waals surface area contributed by atoms with Crippen molar-refractivity contribution in [3.8, 4) is 0 Å². The molecule has 2 rings (SSSR count). The van der Waals surface area contributed by atoms with E-state index in [9.17, 15) is 9.59 Å². The third kappa shape index (κ3) is 1.56. The molecule has 16 heavy (non-hydrogen) atoms. The zero-order valence-electron chi connectivity index (χ0n) is 8.93. The Balaban J connectivity index is 2.71. The van der Waals surface area contributed by atoms with Crippen LogP contribution in [0.5, 0.6) is 0 Å². The van der Waals surface area contributed by atoms with Crippen molar-refractivity contribution in [3.05, 3.63) is 35.3 Å². The smallest absolute Gasteiger partial charge is 0.339 e. The summed E-state index contributed by atoms with van der Waals surface area (Å²) in [5.41, 5.74) is 2.02. The highest BCUT2D eigenvalue weighted by molar-refractivity contribution is 5.93. The van der Waals surface area contributed by atoms with Crippen LogP contribution in [0.15, 0.2) is 18.5 Å². The van der Waals surface area contributed by atoms with Gasteiger partial charge >= 0.3 is 5.97 Å². The maximum atomic E-state index is 11.4. The third-order valence-electron chi connectivity index (χ3n) is 2.25. The van der Waals surface area contributed by atoms with E-state index in [1.807, 2.05) is 6.92 Å². The fraction of sp³-hybridized carbons (Fsp3) is 0.182. The molecule has 0 fully saturated rings. The number of fused-ring (bicyclic) bond motifs is 1. The van der Waals surface area contributed by atoms with E-state index in [2.05, 4.69) is 9.72 Å². The van der Waals surface area contributed by atoms with E-state index in [-0.39, 0.29) is 0 Å². The lowest BCUT2D eigenvalue weighted by molar-refractivity contribution is 0.0600. The second-order valence-electron chi connectivity index (χ2n) is 3.41. The number of esters is 1. The van der Waals surface area contributed by atoms with Crippen molar-refractivity contribution in [2.75, 3.05) is 7.11 Å². The number of carbonyl (C=O) groups is 2. The van der Waals surface area contributed by atoms with Gasteiger partial charge in [0.15, 0.2) is 6.29 Å². The molecule has 0 N–H and O–H groups in total. The highest BCUT2D eigenvalue weighted by Gasteiger charge is 2.11. The van der Waals surface area contributed by atoms with Crippen LogP contribution in [0.1, 0.15) is 26.4 Å². The minimum atomic E-state index is -0.476. The number of hydrogen-bond donors (Lipinski definition) is 0. The zero-order valence-corrected chi connectivity index (χ0v) is 8.93. The fourth-order valence-corrected chi connectivity index (χ4v) is 1.56. The highest BCUT2D eigenvalue weighted by Crippen LogP contribution is 2.13. The molecule has 0 bridgehead atoms. The molecule has 0 atom stereocenters. The van der Waals surface area contributed by atoms with E-state index in [1.165, 1.54) is 13.2 Å². The second-order valence-corrected chi connectivity index (χ2v) is 3.41. The molecule has 82 valence electrons.